The molecule has 0 fully saturated rings. The molecule has 0 unspecified atom stereocenters. The van der Waals surface area contributed by atoms with Crippen molar-refractivity contribution < 1.29 is 19.1 Å². The molecule has 4 aromatic carbocycles. The number of anilines is 2. The SMILES string of the molecule is COc1ccccc1-c1csc(NC(=O)CSc2cccc(NC(=O)/C(=C/c3cccc(Cl)c3)NC(=O)c3ccccc3)c2)n1. The first-order valence-electron chi connectivity index (χ1n) is 13.6. The third-order valence-corrected chi connectivity index (χ3v) is 8.27. The average Bonchev–Trinajstić information content (AvgIpc) is 3.52. The molecule has 1 heterocycles. The van der Waals surface area contributed by atoms with Gasteiger partial charge in [0.2, 0.25) is 5.91 Å². The molecule has 0 radical (unpaired) electrons. The van der Waals surface area contributed by atoms with Crippen LogP contribution >= 0.6 is 34.7 Å². The Morgan fingerprint density at radius 2 is 1.69 bits per heavy atom. The molecule has 226 valence electrons. The number of nitrogens with one attached hydrogen (secondary N) is 3. The minimum atomic E-state index is -0.520. The summed E-state index contributed by atoms with van der Waals surface area (Å²) in [6.07, 6.45) is 1.56. The number of ether oxygens (including phenoxy) is 1. The minimum Gasteiger partial charge on any atom is -0.496 e. The molecular weight excluding hydrogens is 628 g/mol. The van der Waals surface area contributed by atoms with Crippen molar-refractivity contribution >= 4 is 69.3 Å². The summed E-state index contributed by atoms with van der Waals surface area (Å²) >= 11 is 8.78. The van der Waals surface area contributed by atoms with Gasteiger partial charge in [0.15, 0.2) is 5.13 Å². The summed E-state index contributed by atoms with van der Waals surface area (Å²) < 4.78 is 5.41. The fourth-order valence-corrected chi connectivity index (χ4v) is 5.86. The summed E-state index contributed by atoms with van der Waals surface area (Å²) in [6.45, 7) is 0. The van der Waals surface area contributed by atoms with E-state index in [0.717, 1.165) is 10.5 Å². The standard InChI is InChI=1S/C34H27ClN4O4S2/c1-43-30-16-6-5-15-27(30)29-20-45-34(38-29)39-31(40)21-44-26-14-8-13-25(19-26)36-33(42)28(18-22-9-7-12-24(35)17-22)37-32(41)23-10-3-2-4-11-23/h2-20H,21H2,1H3,(H,36,42)(H,37,41)(H,38,39,40)/b28-18-. The van der Waals surface area contributed by atoms with E-state index < -0.39 is 11.8 Å². The van der Waals surface area contributed by atoms with Crippen LogP contribution in [-0.2, 0) is 9.59 Å². The molecule has 0 aliphatic heterocycles. The second kappa shape index (κ2) is 15.2. The third-order valence-electron chi connectivity index (χ3n) is 6.28. The number of para-hydroxylation sites is 1. The number of benzene rings is 4. The fraction of sp³-hybridized carbons (Fsp3) is 0.0588. The molecule has 3 N–H and O–H groups in total. The molecule has 1 aromatic heterocycles. The summed E-state index contributed by atoms with van der Waals surface area (Å²) in [6, 6.07) is 30.2. The Bertz CT molecular complexity index is 1860. The first-order chi connectivity index (χ1) is 21.9. The number of hydrogen-bond acceptors (Lipinski definition) is 7. The van der Waals surface area contributed by atoms with Crippen LogP contribution in [0.15, 0.2) is 119 Å². The highest BCUT2D eigenvalue weighted by Crippen LogP contribution is 2.32. The van der Waals surface area contributed by atoms with Gasteiger partial charge in [-0.05, 0) is 66.2 Å². The molecule has 45 heavy (non-hydrogen) atoms. The zero-order chi connectivity index (χ0) is 31.6. The van der Waals surface area contributed by atoms with Crippen LogP contribution < -0.4 is 20.7 Å². The molecule has 5 rings (SSSR count). The number of hydrogen-bond donors (Lipinski definition) is 3. The van der Waals surface area contributed by atoms with Gasteiger partial charge in [0.05, 0.1) is 18.6 Å². The molecule has 0 saturated heterocycles. The maximum absolute atomic E-state index is 13.4. The fourth-order valence-electron chi connectivity index (χ4n) is 4.18. The summed E-state index contributed by atoms with van der Waals surface area (Å²) in [4.78, 5) is 44.3. The van der Waals surface area contributed by atoms with Crippen molar-refractivity contribution in [2.45, 2.75) is 4.90 Å². The highest BCUT2D eigenvalue weighted by atomic mass is 35.5. The molecule has 0 saturated carbocycles. The van der Waals surface area contributed by atoms with Gasteiger partial charge in [0, 0.05) is 32.1 Å². The van der Waals surface area contributed by atoms with Crippen molar-refractivity contribution in [1.29, 1.82) is 0 Å². The lowest BCUT2D eigenvalue weighted by Gasteiger charge is -2.12. The van der Waals surface area contributed by atoms with Gasteiger partial charge < -0.3 is 20.7 Å². The molecule has 0 atom stereocenters. The topological polar surface area (TPSA) is 109 Å². The van der Waals surface area contributed by atoms with Gasteiger partial charge in [0.1, 0.15) is 11.4 Å². The summed E-state index contributed by atoms with van der Waals surface area (Å²) in [7, 11) is 1.60. The summed E-state index contributed by atoms with van der Waals surface area (Å²) in [5.41, 5.74) is 3.15. The number of thioether (sulfide) groups is 1. The Balaban J connectivity index is 1.23. The van der Waals surface area contributed by atoms with E-state index in [1.54, 1.807) is 86.0 Å². The molecule has 0 bridgehead atoms. The molecule has 0 spiro atoms. The zero-order valence-corrected chi connectivity index (χ0v) is 26.3. The Hall–Kier alpha value is -4.90. The van der Waals surface area contributed by atoms with Crippen molar-refractivity contribution in [3.8, 4) is 17.0 Å². The van der Waals surface area contributed by atoms with E-state index in [4.69, 9.17) is 16.3 Å². The number of thiazole rings is 1. The van der Waals surface area contributed by atoms with Crippen LogP contribution in [0.4, 0.5) is 10.8 Å². The quantitative estimate of drug-likeness (QED) is 0.0999. The predicted octanol–water partition coefficient (Wildman–Crippen LogP) is 7.61. The van der Waals surface area contributed by atoms with E-state index in [1.165, 1.54) is 23.1 Å². The van der Waals surface area contributed by atoms with Gasteiger partial charge in [-0.15, -0.1) is 23.1 Å². The molecule has 11 heteroatoms. The molecule has 5 aromatic rings. The van der Waals surface area contributed by atoms with Gasteiger partial charge in [-0.3, -0.25) is 14.4 Å². The number of nitrogens with zero attached hydrogens (tertiary/aromatic N) is 1. The lowest BCUT2D eigenvalue weighted by molar-refractivity contribution is -0.114. The van der Waals surface area contributed by atoms with Crippen LogP contribution in [0.5, 0.6) is 5.75 Å². The Kier molecular flexibility index (Phi) is 10.7. The smallest absolute Gasteiger partial charge is 0.272 e. The second-order valence-corrected chi connectivity index (χ2v) is 11.8. The van der Waals surface area contributed by atoms with Crippen molar-refractivity contribution in [2.75, 3.05) is 23.5 Å². The van der Waals surface area contributed by atoms with Crippen molar-refractivity contribution in [3.05, 3.63) is 130 Å². The van der Waals surface area contributed by atoms with E-state index in [0.29, 0.717) is 38.4 Å². The van der Waals surface area contributed by atoms with Crippen LogP contribution in [0.25, 0.3) is 17.3 Å². The highest BCUT2D eigenvalue weighted by Gasteiger charge is 2.16. The van der Waals surface area contributed by atoms with Gasteiger partial charge >= 0.3 is 0 Å². The molecule has 0 aliphatic carbocycles. The van der Waals surface area contributed by atoms with Crippen LogP contribution in [0, 0.1) is 0 Å². The highest BCUT2D eigenvalue weighted by molar-refractivity contribution is 8.00. The van der Waals surface area contributed by atoms with Crippen LogP contribution in [-0.4, -0.2) is 35.6 Å². The Labute approximate surface area is 273 Å². The monoisotopic (exact) mass is 654 g/mol. The van der Waals surface area contributed by atoms with Crippen molar-refractivity contribution in [3.63, 3.8) is 0 Å². The number of halogens is 1. The minimum absolute atomic E-state index is 0.0412. The third kappa shape index (κ3) is 8.82. The lowest BCUT2D eigenvalue weighted by atomic mass is 10.1. The average molecular weight is 655 g/mol. The van der Waals surface area contributed by atoms with Crippen LogP contribution in [0.1, 0.15) is 15.9 Å². The van der Waals surface area contributed by atoms with E-state index in [9.17, 15) is 14.4 Å². The van der Waals surface area contributed by atoms with Gasteiger partial charge in [-0.2, -0.15) is 0 Å². The lowest BCUT2D eigenvalue weighted by Crippen LogP contribution is -2.30. The number of carbonyl (C=O) groups excluding carboxylic acids is 3. The first-order valence-corrected chi connectivity index (χ1v) is 15.9. The number of carbonyl (C=O) groups is 3. The number of methoxy groups -OCH3 is 1. The molecule has 3 amide bonds. The van der Waals surface area contributed by atoms with E-state index in [2.05, 4.69) is 20.9 Å². The Morgan fingerprint density at radius 1 is 0.911 bits per heavy atom. The van der Waals surface area contributed by atoms with Gasteiger partial charge in [-0.25, -0.2) is 4.98 Å². The Morgan fingerprint density at radius 3 is 2.49 bits per heavy atom. The normalized spacial score (nSPS) is 11.0. The zero-order valence-electron chi connectivity index (χ0n) is 24.0. The van der Waals surface area contributed by atoms with Crippen molar-refractivity contribution in [2.24, 2.45) is 0 Å². The van der Waals surface area contributed by atoms with E-state index >= 15 is 0 Å². The molecule has 8 nitrogen and oxygen atoms in total. The van der Waals surface area contributed by atoms with E-state index in [-0.39, 0.29) is 17.4 Å². The largest absolute Gasteiger partial charge is 0.496 e. The number of rotatable bonds is 11. The number of amides is 3. The number of aromatic nitrogens is 1. The van der Waals surface area contributed by atoms with Crippen molar-refractivity contribution in [1.82, 2.24) is 10.3 Å². The summed E-state index contributed by atoms with van der Waals surface area (Å²) in [5, 5.41) is 11.2. The molecular formula is C34H27ClN4O4S2. The summed E-state index contributed by atoms with van der Waals surface area (Å²) in [5.74, 6) is -0.327. The van der Waals surface area contributed by atoms with Crippen LogP contribution in [0.2, 0.25) is 5.02 Å². The maximum Gasteiger partial charge on any atom is 0.272 e. The van der Waals surface area contributed by atoms with Crippen LogP contribution in [0.3, 0.4) is 0 Å². The van der Waals surface area contributed by atoms with Gasteiger partial charge in [-0.1, -0.05) is 60.1 Å². The first kappa shape index (κ1) is 31.5. The predicted molar refractivity (Wildman–Crippen MR) is 182 cm³/mol. The molecule has 0 aliphatic rings. The maximum atomic E-state index is 13.4. The van der Waals surface area contributed by atoms with Gasteiger partial charge in [0.25, 0.3) is 11.8 Å². The van der Waals surface area contributed by atoms with E-state index in [1.807, 2.05) is 35.7 Å². The second-order valence-electron chi connectivity index (χ2n) is 9.49.